The standard InChI is InChI=1S/C39H62O7/c1-2-36(40)43-24-10-4-3-9-23-42-30-19-15-29(16-20-30)39(41)46-31-25-44-34-21-17-27-11-5-7-13-32(27)37(34)38-33-14-8-6-12-28(33)18-22-35(38)45-26-31/h2,27-35,37-38H,1,3-26H2. The zero-order valence-corrected chi connectivity index (χ0v) is 28.5. The summed E-state index contributed by atoms with van der Waals surface area (Å²) in [6, 6.07) is 0. The van der Waals surface area contributed by atoms with Crippen LogP contribution in [-0.4, -0.2) is 62.8 Å². The molecule has 0 N–H and O–H groups in total. The van der Waals surface area contributed by atoms with Gasteiger partial charge in [0.1, 0.15) is 6.10 Å². The van der Waals surface area contributed by atoms with Crippen molar-refractivity contribution in [3.63, 3.8) is 0 Å². The highest BCUT2D eigenvalue weighted by Crippen LogP contribution is 2.56. The van der Waals surface area contributed by atoms with E-state index >= 15 is 0 Å². The van der Waals surface area contributed by atoms with Gasteiger partial charge in [0, 0.05) is 12.7 Å². The lowest BCUT2D eigenvalue weighted by Gasteiger charge is -2.55. The van der Waals surface area contributed by atoms with Crippen LogP contribution >= 0.6 is 0 Å². The predicted octanol–water partition coefficient (Wildman–Crippen LogP) is 7.98. The zero-order chi connectivity index (χ0) is 31.7. The van der Waals surface area contributed by atoms with Gasteiger partial charge in [-0.2, -0.15) is 0 Å². The number of carbonyl (C=O) groups is 2. The van der Waals surface area contributed by atoms with Gasteiger partial charge in [0.25, 0.3) is 0 Å². The quantitative estimate of drug-likeness (QED) is 0.128. The lowest BCUT2D eigenvalue weighted by atomic mass is 9.53. The molecule has 6 fully saturated rings. The van der Waals surface area contributed by atoms with E-state index in [0.717, 1.165) is 81.6 Å². The van der Waals surface area contributed by atoms with Crippen LogP contribution in [-0.2, 0) is 33.3 Å². The lowest BCUT2D eigenvalue weighted by molar-refractivity contribution is -0.166. The summed E-state index contributed by atoms with van der Waals surface area (Å²) in [6.07, 6.45) is 25.2. The van der Waals surface area contributed by atoms with Gasteiger partial charge in [-0.25, -0.2) is 4.79 Å². The van der Waals surface area contributed by atoms with Crippen molar-refractivity contribution >= 4 is 11.9 Å². The van der Waals surface area contributed by atoms with Crippen LogP contribution in [0.2, 0.25) is 0 Å². The molecule has 260 valence electrons. The van der Waals surface area contributed by atoms with Crippen LogP contribution in [0.1, 0.15) is 128 Å². The van der Waals surface area contributed by atoms with Crippen LogP contribution in [0.25, 0.3) is 0 Å². The minimum atomic E-state index is -0.353. The molecule has 6 rings (SSSR count). The summed E-state index contributed by atoms with van der Waals surface area (Å²) in [6.45, 7) is 5.57. The normalized spacial score (nSPS) is 39.5. The molecule has 1 heterocycles. The summed E-state index contributed by atoms with van der Waals surface area (Å²) in [5, 5.41) is 0. The minimum absolute atomic E-state index is 0.0541. The fourth-order valence-electron chi connectivity index (χ4n) is 10.7. The van der Waals surface area contributed by atoms with Crippen LogP contribution < -0.4 is 0 Å². The average molecular weight is 643 g/mol. The number of ether oxygens (including phenoxy) is 5. The summed E-state index contributed by atoms with van der Waals surface area (Å²) in [4.78, 5) is 24.5. The molecule has 0 amide bonds. The van der Waals surface area contributed by atoms with E-state index < -0.39 is 0 Å². The number of esters is 2. The molecule has 0 spiro atoms. The predicted molar refractivity (Wildman–Crippen MR) is 177 cm³/mol. The van der Waals surface area contributed by atoms with Gasteiger partial charge in [0.15, 0.2) is 0 Å². The molecule has 0 aromatic rings. The Morgan fingerprint density at radius 3 is 1.78 bits per heavy atom. The summed E-state index contributed by atoms with van der Waals surface area (Å²) in [7, 11) is 0. The number of fused-ring (bicyclic) bond motifs is 7. The van der Waals surface area contributed by atoms with Gasteiger partial charge in [-0.15, -0.1) is 0 Å². The summed E-state index contributed by atoms with van der Waals surface area (Å²) in [5.74, 6) is 4.07. The second-order valence-corrected chi connectivity index (χ2v) is 15.7. The van der Waals surface area contributed by atoms with Crippen molar-refractivity contribution in [3.8, 4) is 0 Å². The highest BCUT2D eigenvalue weighted by Gasteiger charge is 2.53. The third kappa shape index (κ3) is 8.77. The van der Waals surface area contributed by atoms with E-state index in [2.05, 4.69) is 6.58 Å². The molecule has 1 saturated heterocycles. The maximum Gasteiger partial charge on any atom is 0.330 e. The van der Waals surface area contributed by atoms with E-state index in [4.69, 9.17) is 23.7 Å². The Labute approximate surface area is 278 Å². The Bertz CT molecular complexity index is 933. The number of hydrogen-bond acceptors (Lipinski definition) is 7. The molecule has 1 aliphatic heterocycles. The molecule has 7 nitrogen and oxygen atoms in total. The second kappa shape index (κ2) is 17.3. The smallest absolute Gasteiger partial charge is 0.330 e. The number of carbonyl (C=O) groups excluding carboxylic acids is 2. The third-order valence-electron chi connectivity index (χ3n) is 13.0. The molecular formula is C39H62O7. The molecule has 0 radical (unpaired) electrons. The van der Waals surface area contributed by atoms with Crippen LogP contribution in [0.5, 0.6) is 0 Å². The Morgan fingerprint density at radius 1 is 0.630 bits per heavy atom. The molecule has 46 heavy (non-hydrogen) atoms. The van der Waals surface area contributed by atoms with Crippen molar-refractivity contribution in [3.05, 3.63) is 12.7 Å². The van der Waals surface area contributed by atoms with E-state index in [1.54, 1.807) is 0 Å². The van der Waals surface area contributed by atoms with Gasteiger partial charge in [0.05, 0.1) is 44.1 Å². The van der Waals surface area contributed by atoms with Crippen molar-refractivity contribution in [1.82, 2.24) is 0 Å². The Kier molecular flexibility index (Phi) is 12.9. The van der Waals surface area contributed by atoms with Crippen molar-refractivity contribution in [2.24, 2.45) is 41.4 Å². The first-order chi connectivity index (χ1) is 22.6. The SMILES string of the molecule is C=CC(=O)OCCCCCCOC1CCC(C(=O)OC2COC3CCC4CCCCC4C3C3C(CCC4CCCCC43)OC2)CC1. The molecule has 5 aliphatic carbocycles. The summed E-state index contributed by atoms with van der Waals surface area (Å²) >= 11 is 0. The van der Waals surface area contributed by atoms with Gasteiger partial charge in [0.2, 0.25) is 0 Å². The van der Waals surface area contributed by atoms with E-state index in [0.29, 0.717) is 31.7 Å². The largest absolute Gasteiger partial charge is 0.463 e. The highest BCUT2D eigenvalue weighted by atomic mass is 16.6. The van der Waals surface area contributed by atoms with Crippen LogP contribution in [0.4, 0.5) is 0 Å². The molecule has 0 aromatic carbocycles. The van der Waals surface area contributed by atoms with Gasteiger partial charge in [-0.3, -0.25) is 4.79 Å². The van der Waals surface area contributed by atoms with Crippen molar-refractivity contribution in [1.29, 1.82) is 0 Å². The van der Waals surface area contributed by atoms with E-state index in [9.17, 15) is 9.59 Å². The number of hydrogen-bond donors (Lipinski definition) is 0. The third-order valence-corrected chi connectivity index (χ3v) is 13.0. The first-order valence-electron chi connectivity index (χ1n) is 19.4. The van der Waals surface area contributed by atoms with Crippen LogP contribution in [0.3, 0.4) is 0 Å². The van der Waals surface area contributed by atoms with Crippen LogP contribution in [0, 0.1) is 41.4 Å². The van der Waals surface area contributed by atoms with Crippen molar-refractivity contribution < 1.29 is 33.3 Å². The van der Waals surface area contributed by atoms with Crippen LogP contribution in [0.15, 0.2) is 12.7 Å². The van der Waals surface area contributed by atoms with Gasteiger partial charge in [-0.1, -0.05) is 51.5 Å². The molecule has 7 heteroatoms. The van der Waals surface area contributed by atoms with E-state index in [1.165, 1.54) is 83.1 Å². The highest BCUT2D eigenvalue weighted by molar-refractivity contribution is 5.81. The Balaban J connectivity index is 0.972. The topological polar surface area (TPSA) is 80.3 Å². The molecular weight excluding hydrogens is 580 g/mol. The first-order valence-corrected chi connectivity index (χ1v) is 19.4. The van der Waals surface area contributed by atoms with Gasteiger partial charge < -0.3 is 23.7 Å². The second-order valence-electron chi connectivity index (χ2n) is 15.7. The zero-order valence-electron chi connectivity index (χ0n) is 28.5. The van der Waals surface area contributed by atoms with E-state index in [-0.39, 0.29) is 42.3 Å². The molecule has 0 aromatic heterocycles. The molecule has 8 atom stereocenters. The van der Waals surface area contributed by atoms with Crippen molar-refractivity contribution in [2.75, 3.05) is 26.4 Å². The number of rotatable bonds is 11. The summed E-state index contributed by atoms with van der Waals surface area (Å²) < 4.78 is 31.1. The maximum absolute atomic E-state index is 13.4. The maximum atomic E-state index is 13.4. The van der Waals surface area contributed by atoms with Gasteiger partial charge >= 0.3 is 11.9 Å². The van der Waals surface area contributed by atoms with Crippen molar-refractivity contribution in [2.45, 2.75) is 153 Å². The van der Waals surface area contributed by atoms with Gasteiger partial charge in [-0.05, 0) is 119 Å². The molecule has 6 aliphatic rings. The lowest BCUT2D eigenvalue weighted by Crippen LogP contribution is -2.53. The monoisotopic (exact) mass is 642 g/mol. The molecule has 5 saturated carbocycles. The summed E-state index contributed by atoms with van der Waals surface area (Å²) in [5.41, 5.74) is 0. The Morgan fingerprint density at radius 2 is 1.20 bits per heavy atom. The molecule has 0 bridgehead atoms. The fourth-order valence-corrected chi connectivity index (χ4v) is 10.7. The first kappa shape index (κ1) is 34.4. The average Bonchev–Trinajstić information content (AvgIpc) is 3.17. The van der Waals surface area contributed by atoms with E-state index in [1.807, 2.05) is 0 Å². The minimum Gasteiger partial charge on any atom is -0.463 e. The fraction of sp³-hybridized carbons (Fsp3) is 0.897. The number of unbranched alkanes of at least 4 members (excludes halogenated alkanes) is 3. The molecule has 8 unspecified atom stereocenters. The Hall–Kier alpha value is -1.44.